The Bertz CT molecular complexity index is 605. The van der Waals surface area contributed by atoms with Gasteiger partial charge in [-0.2, -0.15) is 18.2 Å². The summed E-state index contributed by atoms with van der Waals surface area (Å²) in [4.78, 5) is 9.73. The van der Waals surface area contributed by atoms with Crippen molar-refractivity contribution in [2.75, 3.05) is 23.3 Å². The number of thiocarbonyl (C=S) groups is 1. The molecule has 1 aliphatic heterocycles. The molecule has 140 valence electrons. The van der Waals surface area contributed by atoms with Crippen LogP contribution >= 0.6 is 12.2 Å². The highest BCUT2D eigenvalue weighted by Gasteiger charge is 2.34. The number of rotatable bonds is 2. The summed E-state index contributed by atoms with van der Waals surface area (Å²) in [6.45, 7) is 7.08. The van der Waals surface area contributed by atoms with E-state index in [2.05, 4.69) is 20.6 Å². The average molecular weight is 375 g/mol. The Morgan fingerprint density at radius 2 is 1.68 bits per heavy atom. The Morgan fingerprint density at radius 3 is 2.20 bits per heavy atom. The molecule has 5 nitrogen and oxygen atoms in total. The molecule has 1 fully saturated rings. The van der Waals surface area contributed by atoms with Crippen molar-refractivity contribution in [1.29, 1.82) is 0 Å². The molecule has 0 amide bonds. The van der Waals surface area contributed by atoms with E-state index in [0.29, 0.717) is 13.1 Å². The fourth-order valence-corrected chi connectivity index (χ4v) is 2.97. The molecule has 1 aromatic heterocycles. The van der Waals surface area contributed by atoms with Gasteiger partial charge in [-0.1, -0.05) is 12.8 Å². The van der Waals surface area contributed by atoms with Crippen LogP contribution in [0.2, 0.25) is 0 Å². The Balaban J connectivity index is 2.28. The molecule has 9 heteroatoms. The van der Waals surface area contributed by atoms with Crippen LogP contribution in [-0.2, 0) is 6.18 Å². The van der Waals surface area contributed by atoms with Crippen LogP contribution < -0.4 is 15.5 Å². The lowest BCUT2D eigenvalue weighted by molar-refractivity contribution is -0.141. The van der Waals surface area contributed by atoms with Gasteiger partial charge in [0.05, 0.1) is 0 Å². The molecule has 25 heavy (non-hydrogen) atoms. The predicted octanol–water partition coefficient (Wildman–Crippen LogP) is 3.96. The van der Waals surface area contributed by atoms with Crippen LogP contribution in [0.4, 0.5) is 24.9 Å². The molecule has 0 aliphatic carbocycles. The van der Waals surface area contributed by atoms with Crippen molar-refractivity contribution < 1.29 is 13.2 Å². The summed E-state index contributed by atoms with van der Waals surface area (Å²) in [5.41, 5.74) is -1.29. The maximum absolute atomic E-state index is 13.2. The Morgan fingerprint density at radius 1 is 1.08 bits per heavy atom. The molecule has 1 saturated heterocycles. The topological polar surface area (TPSA) is 53.1 Å². The molecule has 0 aromatic carbocycles. The number of aromatic nitrogens is 2. The molecular weight excluding hydrogens is 351 g/mol. The van der Waals surface area contributed by atoms with Crippen LogP contribution in [0.3, 0.4) is 0 Å². The summed E-state index contributed by atoms with van der Waals surface area (Å²) in [6, 6.07) is 1.01. The number of anilines is 2. The van der Waals surface area contributed by atoms with E-state index in [9.17, 15) is 13.2 Å². The zero-order chi connectivity index (χ0) is 18.7. The monoisotopic (exact) mass is 375 g/mol. The first-order valence-electron chi connectivity index (χ1n) is 8.35. The van der Waals surface area contributed by atoms with Gasteiger partial charge in [0.25, 0.3) is 0 Å². The molecular formula is C16H24F3N5S. The second kappa shape index (κ2) is 7.72. The van der Waals surface area contributed by atoms with Crippen molar-refractivity contribution >= 4 is 29.1 Å². The van der Waals surface area contributed by atoms with Gasteiger partial charge in [-0.25, -0.2) is 4.98 Å². The number of hydrogen-bond donors (Lipinski definition) is 2. The maximum atomic E-state index is 13.2. The van der Waals surface area contributed by atoms with E-state index in [1.54, 1.807) is 0 Å². The van der Waals surface area contributed by atoms with Crippen molar-refractivity contribution in [3.8, 4) is 0 Å². The lowest BCUT2D eigenvalue weighted by atomic mass is 10.1. The molecule has 0 bridgehead atoms. The molecule has 0 unspecified atom stereocenters. The molecule has 0 saturated carbocycles. The molecule has 0 atom stereocenters. The lowest BCUT2D eigenvalue weighted by Crippen LogP contribution is -2.43. The van der Waals surface area contributed by atoms with E-state index < -0.39 is 11.9 Å². The smallest absolute Gasteiger partial charge is 0.358 e. The van der Waals surface area contributed by atoms with Gasteiger partial charge >= 0.3 is 6.18 Å². The van der Waals surface area contributed by atoms with Crippen LogP contribution in [0.25, 0.3) is 0 Å². The summed E-state index contributed by atoms with van der Waals surface area (Å²) in [6.07, 6.45) is -0.494. The van der Waals surface area contributed by atoms with Crippen LogP contribution in [0.1, 0.15) is 52.1 Å². The standard InChI is InChI=1S/C16H24F3N5S/c1-15(2,3)23-14(25)22-13-20-11(16(17,18)19)10-12(21-13)24-8-6-4-5-7-9-24/h10H,4-9H2,1-3H3,(H2,20,21,22,23,25). The third-order valence-electron chi connectivity index (χ3n) is 3.65. The minimum Gasteiger partial charge on any atom is -0.358 e. The average Bonchev–Trinajstić information content (AvgIpc) is 2.72. The van der Waals surface area contributed by atoms with Crippen molar-refractivity contribution in [3.05, 3.63) is 11.8 Å². The van der Waals surface area contributed by atoms with E-state index in [0.717, 1.165) is 31.7 Å². The fourth-order valence-electron chi connectivity index (χ4n) is 2.57. The SMILES string of the molecule is CC(C)(C)NC(=S)Nc1nc(N2CCCCCC2)cc(C(F)(F)F)n1. The minimum atomic E-state index is -4.54. The number of hydrogen-bond acceptors (Lipinski definition) is 4. The van der Waals surface area contributed by atoms with Gasteiger partial charge < -0.3 is 15.5 Å². The quantitative estimate of drug-likeness (QED) is 0.763. The van der Waals surface area contributed by atoms with Gasteiger partial charge in [0.1, 0.15) is 5.82 Å². The zero-order valence-electron chi connectivity index (χ0n) is 14.7. The molecule has 1 aliphatic rings. The summed E-state index contributed by atoms with van der Waals surface area (Å²) < 4.78 is 39.7. The van der Waals surface area contributed by atoms with Crippen molar-refractivity contribution in [1.82, 2.24) is 15.3 Å². The van der Waals surface area contributed by atoms with Crippen molar-refractivity contribution in [2.24, 2.45) is 0 Å². The minimum absolute atomic E-state index is 0.143. The van der Waals surface area contributed by atoms with Crippen molar-refractivity contribution in [2.45, 2.75) is 58.2 Å². The highest BCUT2D eigenvalue weighted by molar-refractivity contribution is 7.80. The predicted molar refractivity (Wildman–Crippen MR) is 96.8 cm³/mol. The molecule has 2 rings (SSSR count). The summed E-state index contributed by atoms with van der Waals surface area (Å²) in [5.74, 6) is 0.140. The molecule has 2 heterocycles. The second-order valence-corrected chi connectivity index (χ2v) is 7.57. The molecule has 0 radical (unpaired) electrons. The normalized spacial score (nSPS) is 16.3. The van der Waals surface area contributed by atoms with Crippen LogP contribution in [0, 0.1) is 0 Å². The van der Waals surface area contributed by atoms with Gasteiger partial charge in [0, 0.05) is 24.7 Å². The van der Waals surface area contributed by atoms with Crippen LogP contribution in [0.15, 0.2) is 6.07 Å². The largest absolute Gasteiger partial charge is 0.433 e. The summed E-state index contributed by atoms with van der Waals surface area (Å²) >= 11 is 5.15. The Hall–Kier alpha value is -1.64. The second-order valence-electron chi connectivity index (χ2n) is 7.16. The highest BCUT2D eigenvalue weighted by atomic mass is 32.1. The van der Waals surface area contributed by atoms with Crippen LogP contribution in [-0.4, -0.2) is 33.7 Å². The van der Waals surface area contributed by atoms with E-state index >= 15 is 0 Å². The van der Waals surface area contributed by atoms with Gasteiger partial charge in [0.2, 0.25) is 5.95 Å². The Kier molecular flexibility index (Phi) is 6.08. The number of alkyl halides is 3. The van der Waals surface area contributed by atoms with Gasteiger partial charge in [-0.05, 0) is 45.8 Å². The van der Waals surface area contributed by atoms with Gasteiger partial charge in [-0.3, -0.25) is 0 Å². The maximum Gasteiger partial charge on any atom is 0.433 e. The highest BCUT2D eigenvalue weighted by Crippen LogP contribution is 2.31. The molecule has 2 N–H and O–H groups in total. The lowest BCUT2D eigenvalue weighted by Gasteiger charge is -2.24. The first kappa shape index (κ1) is 19.7. The van der Waals surface area contributed by atoms with E-state index in [1.165, 1.54) is 0 Å². The first-order chi connectivity index (χ1) is 11.5. The van der Waals surface area contributed by atoms with E-state index in [4.69, 9.17) is 12.2 Å². The van der Waals surface area contributed by atoms with Crippen LogP contribution in [0.5, 0.6) is 0 Å². The third kappa shape index (κ3) is 6.30. The summed E-state index contributed by atoms with van der Waals surface area (Å²) in [7, 11) is 0. The molecule has 1 aromatic rings. The van der Waals surface area contributed by atoms with Crippen molar-refractivity contribution in [3.63, 3.8) is 0 Å². The van der Waals surface area contributed by atoms with E-state index in [-0.39, 0.29) is 22.4 Å². The fraction of sp³-hybridized carbons (Fsp3) is 0.688. The van der Waals surface area contributed by atoms with E-state index in [1.807, 2.05) is 25.7 Å². The Labute approximate surface area is 151 Å². The number of halogens is 3. The molecule has 0 spiro atoms. The first-order valence-corrected chi connectivity index (χ1v) is 8.76. The zero-order valence-corrected chi connectivity index (χ0v) is 15.5. The number of nitrogens with zero attached hydrogens (tertiary/aromatic N) is 3. The number of nitrogens with one attached hydrogen (secondary N) is 2. The third-order valence-corrected chi connectivity index (χ3v) is 3.85. The van der Waals surface area contributed by atoms with Gasteiger partial charge in [-0.15, -0.1) is 0 Å². The van der Waals surface area contributed by atoms with Gasteiger partial charge in [0.15, 0.2) is 10.8 Å². The summed E-state index contributed by atoms with van der Waals surface area (Å²) in [5, 5.41) is 5.85.